The van der Waals surface area contributed by atoms with Gasteiger partial charge in [-0.1, -0.05) is 12.1 Å². The molecule has 0 amide bonds. The van der Waals surface area contributed by atoms with Crippen LogP contribution in [0.15, 0.2) is 10.6 Å². The van der Waals surface area contributed by atoms with Gasteiger partial charge in [0.25, 0.3) is 5.89 Å². The summed E-state index contributed by atoms with van der Waals surface area (Å²) < 4.78 is 12.7. The van der Waals surface area contributed by atoms with Crippen molar-refractivity contribution in [1.29, 1.82) is 0 Å². The van der Waals surface area contributed by atoms with E-state index in [4.69, 9.17) is 15.0 Å². The zero-order valence-corrected chi connectivity index (χ0v) is 13.1. The van der Waals surface area contributed by atoms with Crippen molar-refractivity contribution in [3.05, 3.63) is 17.6 Å². The first kappa shape index (κ1) is 15.7. The van der Waals surface area contributed by atoms with Crippen molar-refractivity contribution < 1.29 is 9.26 Å². The maximum atomic E-state index is 6.21. The number of aromatic nitrogens is 4. The van der Waals surface area contributed by atoms with Crippen LogP contribution < -0.4 is 5.73 Å². The number of nitrogens with two attached hydrogens (primary N) is 1. The van der Waals surface area contributed by atoms with Crippen LogP contribution in [0.4, 0.5) is 0 Å². The summed E-state index contributed by atoms with van der Waals surface area (Å²) in [5, 5.41) is 8.37. The highest BCUT2D eigenvalue weighted by Gasteiger charge is 2.29. The largest absolute Gasteiger partial charge is 0.379 e. The lowest BCUT2D eigenvalue weighted by atomic mass is 10.1. The predicted octanol–water partition coefficient (Wildman–Crippen LogP) is 1.86. The number of hydrogen-bond donors (Lipinski definition) is 1. The first-order valence-electron chi connectivity index (χ1n) is 7.23. The summed E-state index contributed by atoms with van der Waals surface area (Å²) in [7, 11) is 0. The molecule has 2 rings (SSSR count). The smallest absolute Gasteiger partial charge is 0.276 e. The van der Waals surface area contributed by atoms with Gasteiger partial charge >= 0.3 is 0 Å². The molecule has 0 aliphatic carbocycles. The van der Waals surface area contributed by atoms with Crippen LogP contribution in [-0.4, -0.2) is 33.1 Å². The second-order valence-electron chi connectivity index (χ2n) is 5.38. The summed E-state index contributed by atoms with van der Waals surface area (Å²) in [6.07, 6.45) is 0.947. The van der Waals surface area contributed by atoms with E-state index in [1.807, 2.05) is 31.5 Å². The average molecular weight is 293 g/mol. The number of nitrogens with zero attached hydrogens (tertiary/aromatic N) is 4. The molecule has 0 spiro atoms. The summed E-state index contributed by atoms with van der Waals surface area (Å²) >= 11 is 0. The molecule has 0 fully saturated rings. The topological polar surface area (TPSA) is 92.0 Å². The van der Waals surface area contributed by atoms with Gasteiger partial charge < -0.3 is 15.0 Å². The summed E-state index contributed by atoms with van der Waals surface area (Å²) in [5.41, 5.74) is 7.15. The van der Waals surface area contributed by atoms with Crippen LogP contribution in [0.25, 0.3) is 11.6 Å². The molecule has 2 N–H and O–H groups in total. The summed E-state index contributed by atoms with van der Waals surface area (Å²) in [6, 6.07) is 1.92. The van der Waals surface area contributed by atoms with E-state index >= 15 is 0 Å². The van der Waals surface area contributed by atoms with Gasteiger partial charge in [-0.15, -0.1) is 0 Å². The number of rotatable bonds is 7. The van der Waals surface area contributed by atoms with Crippen molar-refractivity contribution in [2.75, 3.05) is 13.2 Å². The van der Waals surface area contributed by atoms with E-state index in [0.717, 1.165) is 24.4 Å². The normalized spacial score (nSPS) is 14.3. The SMILES string of the molecule is CCCOCC(C)(N)c1noc(-c2cc(C)nn2CC)n1. The second-order valence-corrected chi connectivity index (χ2v) is 5.38. The van der Waals surface area contributed by atoms with Crippen molar-refractivity contribution in [3.63, 3.8) is 0 Å². The van der Waals surface area contributed by atoms with Gasteiger partial charge in [0.05, 0.1) is 12.3 Å². The van der Waals surface area contributed by atoms with E-state index in [1.165, 1.54) is 0 Å². The third-order valence-electron chi connectivity index (χ3n) is 3.11. The minimum absolute atomic E-state index is 0.353. The van der Waals surface area contributed by atoms with Crippen molar-refractivity contribution >= 4 is 0 Å². The first-order valence-corrected chi connectivity index (χ1v) is 7.23. The third-order valence-corrected chi connectivity index (χ3v) is 3.11. The lowest BCUT2D eigenvalue weighted by molar-refractivity contribution is 0.0867. The zero-order valence-electron chi connectivity index (χ0n) is 13.1. The molecule has 0 aliphatic rings. The molecule has 2 heterocycles. The molecule has 21 heavy (non-hydrogen) atoms. The summed E-state index contributed by atoms with van der Waals surface area (Å²) in [4.78, 5) is 4.41. The Labute approximate surface area is 124 Å². The Kier molecular flexibility index (Phi) is 4.74. The van der Waals surface area contributed by atoms with Crippen LogP contribution in [0.5, 0.6) is 0 Å². The minimum atomic E-state index is -0.775. The Bertz CT molecular complexity index is 588. The quantitative estimate of drug-likeness (QED) is 0.783. The van der Waals surface area contributed by atoms with Gasteiger partial charge in [0.15, 0.2) is 5.82 Å². The molecule has 1 unspecified atom stereocenters. The molecule has 0 aromatic carbocycles. The van der Waals surface area contributed by atoms with Crippen molar-refractivity contribution in [1.82, 2.24) is 19.9 Å². The van der Waals surface area contributed by atoms with Gasteiger partial charge in [-0.05, 0) is 33.3 Å². The monoisotopic (exact) mass is 293 g/mol. The Morgan fingerprint density at radius 1 is 1.43 bits per heavy atom. The Hall–Kier alpha value is -1.73. The van der Waals surface area contributed by atoms with Gasteiger partial charge in [-0.3, -0.25) is 4.68 Å². The van der Waals surface area contributed by atoms with Crippen molar-refractivity contribution in [3.8, 4) is 11.6 Å². The van der Waals surface area contributed by atoms with Gasteiger partial charge in [0.1, 0.15) is 11.2 Å². The zero-order chi connectivity index (χ0) is 15.5. The van der Waals surface area contributed by atoms with Gasteiger partial charge in [0, 0.05) is 13.2 Å². The molecule has 116 valence electrons. The number of hydrogen-bond acceptors (Lipinski definition) is 6. The molecule has 7 heteroatoms. The fourth-order valence-corrected chi connectivity index (χ4v) is 2.01. The Morgan fingerprint density at radius 2 is 2.19 bits per heavy atom. The van der Waals surface area contributed by atoms with Crippen LogP contribution in [0.2, 0.25) is 0 Å². The summed E-state index contributed by atoms with van der Waals surface area (Å²) in [5.74, 6) is 0.870. The van der Waals surface area contributed by atoms with Gasteiger partial charge in [0.2, 0.25) is 0 Å². The Morgan fingerprint density at radius 3 is 2.86 bits per heavy atom. The lowest BCUT2D eigenvalue weighted by Gasteiger charge is -2.19. The highest BCUT2D eigenvalue weighted by atomic mass is 16.5. The molecule has 0 bridgehead atoms. The van der Waals surface area contributed by atoms with E-state index in [1.54, 1.807) is 0 Å². The molecular formula is C14H23N5O2. The second kappa shape index (κ2) is 6.36. The van der Waals surface area contributed by atoms with Crippen molar-refractivity contribution in [2.45, 2.75) is 46.2 Å². The lowest BCUT2D eigenvalue weighted by Crippen LogP contribution is -2.39. The molecule has 0 radical (unpaired) electrons. The molecule has 7 nitrogen and oxygen atoms in total. The Balaban J connectivity index is 2.20. The molecule has 2 aromatic heterocycles. The van der Waals surface area contributed by atoms with E-state index in [9.17, 15) is 0 Å². The average Bonchev–Trinajstić information content (AvgIpc) is 3.05. The van der Waals surface area contributed by atoms with Crippen LogP contribution in [0.1, 0.15) is 38.7 Å². The van der Waals surface area contributed by atoms with E-state index in [0.29, 0.717) is 24.9 Å². The number of aryl methyl sites for hydroxylation is 2. The van der Waals surface area contributed by atoms with E-state index in [-0.39, 0.29) is 0 Å². The van der Waals surface area contributed by atoms with E-state index in [2.05, 4.69) is 22.2 Å². The fraction of sp³-hybridized carbons (Fsp3) is 0.643. The highest BCUT2D eigenvalue weighted by molar-refractivity contribution is 5.48. The summed E-state index contributed by atoms with van der Waals surface area (Å²) in [6.45, 7) is 9.58. The molecule has 2 aromatic rings. The first-order chi connectivity index (χ1) is 9.97. The van der Waals surface area contributed by atoms with Crippen LogP contribution >= 0.6 is 0 Å². The van der Waals surface area contributed by atoms with Crippen LogP contribution in [-0.2, 0) is 16.8 Å². The molecule has 0 aliphatic heterocycles. The van der Waals surface area contributed by atoms with Crippen molar-refractivity contribution in [2.24, 2.45) is 5.73 Å². The molecule has 1 atom stereocenters. The van der Waals surface area contributed by atoms with Crippen LogP contribution in [0.3, 0.4) is 0 Å². The maximum Gasteiger partial charge on any atom is 0.276 e. The molecular weight excluding hydrogens is 270 g/mol. The standard InChI is InChI=1S/C14H23N5O2/c1-5-7-20-9-14(4,15)13-16-12(21-18-13)11-8-10(3)17-19(11)6-2/h8H,5-7,9,15H2,1-4H3. The van der Waals surface area contributed by atoms with E-state index < -0.39 is 5.54 Å². The maximum absolute atomic E-state index is 6.21. The van der Waals surface area contributed by atoms with Gasteiger partial charge in [-0.25, -0.2) is 0 Å². The molecule has 0 saturated carbocycles. The fourth-order valence-electron chi connectivity index (χ4n) is 2.01. The van der Waals surface area contributed by atoms with Crippen LogP contribution in [0, 0.1) is 6.92 Å². The molecule has 0 saturated heterocycles. The third kappa shape index (κ3) is 3.48. The number of ether oxygens (including phenoxy) is 1. The minimum Gasteiger partial charge on any atom is -0.379 e. The highest BCUT2D eigenvalue weighted by Crippen LogP contribution is 2.22. The van der Waals surface area contributed by atoms with Gasteiger partial charge in [-0.2, -0.15) is 10.1 Å². The predicted molar refractivity (Wildman–Crippen MR) is 78.6 cm³/mol.